The van der Waals surface area contributed by atoms with Gasteiger partial charge in [-0.2, -0.15) is 28.8 Å². The summed E-state index contributed by atoms with van der Waals surface area (Å²) in [7, 11) is 0. The summed E-state index contributed by atoms with van der Waals surface area (Å²) in [6.07, 6.45) is 4.97. The molecule has 1 aromatic heterocycles. The zero-order chi connectivity index (χ0) is 30.3. The number of carboxylic acid groups (broad SMARTS) is 1. The van der Waals surface area contributed by atoms with Crippen LogP contribution in [0.15, 0.2) is 88.8 Å². The van der Waals surface area contributed by atoms with Gasteiger partial charge in [0.2, 0.25) is 0 Å². The molecule has 0 saturated carbocycles. The van der Waals surface area contributed by atoms with Crippen LogP contribution in [0, 0.1) is 22.7 Å². The van der Waals surface area contributed by atoms with Gasteiger partial charge in [-0.3, -0.25) is 19.5 Å². The summed E-state index contributed by atoms with van der Waals surface area (Å²) < 4.78 is 33.5. The van der Waals surface area contributed by atoms with Gasteiger partial charge in [-0.1, -0.05) is 12.1 Å². The van der Waals surface area contributed by atoms with E-state index in [9.17, 15) is 23.2 Å². The number of aromatic nitrogens is 2. The number of allylic oxidation sites excluding steroid dienone is 2. The number of aliphatic carboxylic acids is 1. The average Bonchev–Trinajstić information content (AvgIpc) is 3.66. The molecule has 2 aromatic carbocycles. The highest BCUT2D eigenvalue weighted by molar-refractivity contribution is 6.18. The zero-order valence-electron chi connectivity index (χ0n) is 21.6. The third-order valence-corrected chi connectivity index (χ3v) is 6.07. The molecular formula is C29H20F3N7O3. The quantitative estimate of drug-likeness (QED) is 0.409. The number of halogens is 3. The smallest absolute Gasteiger partial charge is 0.475 e. The molecule has 42 heavy (non-hydrogen) atoms. The van der Waals surface area contributed by atoms with Crippen molar-refractivity contribution in [2.45, 2.75) is 25.1 Å². The molecule has 0 radical (unpaired) electrons. The summed E-state index contributed by atoms with van der Waals surface area (Å²) in [6, 6.07) is 17.7. The maximum Gasteiger partial charge on any atom is 0.490 e. The van der Waals surface area contributed by atoms with E-state index in [2.05, 4.69) is 32.5 Å². The number of hydrogen-bond acceptors (Lipinski definition) is 7. The van der Waals surface area contributed by atoms with E-state index < -0.39 is 12.1 Å². The van der Waals surface area contributed by atoms with Gasteiger partial charge in [-0.25, -0.2) is 4.79 Å². The van der Waals surface area contributed by atoms with Gasteiger partial charge in [0.1, 0.15) is 0 Å². The lowest BCUT2D eigenvalue weighted by atomic mass is 10.0. The highest BCUT2D eigenvalue weighted by atomic mass is 19.4. The van der Waals surface area contributed by atoms with E-state index in [1.54, 1.807) is 59.5 Å². The number of aliphatic imine (C=N–C) groups is 2. The highest BCUT2D eigenvalue weighted by Gasteiger charge is 2.38. The van der Waals surface area contributed by atoms with Gasteiger partial charge in [0, 0.05) is 47.4 Å². The Morgan fingerprint density at radius 1 is 1.14 bits per heavy atom. The van der Waals surface area contributed by atoms with E-state index in [1.165, 1.54) is 0 Å². The van der Waals surface area contributed by atoms with Gasteiger partial charge in [-0.15, -0.1) is 0 Å². The monoisotopic (exact) mass is 571 g/mol. The molecule has 0 aliphatic carbocycles. The fraction of sp³-hybridized carbons (Fsp3) is 0.138. The number of nitrogens with zero attached hydrogens (tertiary/aromatic N) is 6. The maximum atomic E-state index is 12.9. The van der Waals surface area contributed by atoms with Crippen LogP contribution < -0.4 is 5.32 Å². The Hall–Kier alpha value is -5.82. The molecule has 2 aliphatic heterocycles. The minimum Gasteiger partial charge on any atom is -0.475 e. The number of rotatable bonds is 6. The van der Waals surface area contributed by atoms with Crippen molar-refractivity contribution in [1.82, 2.24) is 9.78 Å². The SMILES string of the molecule is N#CCC(c1cccc(C(=O)Nc2ccc(C#N)cc2)c1)n1cc(C2=C3C=CN=C3CC=N2)cn1.O=C(O)C(F)(F)F. The minimum atomic E-state index is -5.08. The average molecular weight is 572 g/mol. The minimum absolute atomic E-state index is 0.184. The van der Waals surface area contributed by atoms with E-state index in [4.69, 9.17) is 15.2 Å². The second-order valence-corrected chi connectivity index (χ2v) is 8.83. The molecule has 5 rings (SSSR count). The van der Waals surface area contributed by atoms with Crippen LogP contribution in [0.4, 0.5) is 18.9 Å². The normalized spacial score (nSPS) is 14.1. The number of hydrogen-bond donors (Lipinski definition) is 2. The number of nitriles is 2. The Morgan fingerprint density at radius 3 is 2.55 bits per heavy atom. The largest absolute Gasteiger partial charge is 0.490 e. The predicted molar refractivity (Wildman–Crippen MR) is 146 cm³/mol. The molecule has 0 bridgehead atoms. The summed E-state index contributed by atoms with van der Waals surface area (Å²) >= 11 is 0. The molecule has 1 atom stereocenters. The lowest BCUT2D eigenvalue weighted by Gasteiger charge is -2.16. The summed E-state index contributed by atoms with van der Waals surface area (Å²) in [4.78, 5) is 30.7. The molecule has 210 valence electrons. The second-order valence-electron chi connectivity index (χ2n) is 8.83. The van der Waals surface area contributed by atoms with Crippen molar-refractivity contribution in [1.29, 1.82) is 10.5 Å². The third-order valence-electron chi connectivity index (χ3n) is 6.07. The summed E-state index contributed by atoms with van der Waals surface area (Å²) in [5, 5.41) is 32.9. The van der Waals surface area contributed by atoms with Gasteiger partial charge in [0.25, 0.3) is 5.91 Å². The Morgan fingerprint density at radius 2 is 1.88 bits per heavy atom. The van der Waals surface area contributed by atoms with Crippen LogP contribution in [-0.2, 0) is 4.79 Å². The number of anilines is 1. The zero-order valence-corrected chi connectivity index (χ0v) is 21.6. The number of fused-ring (bicyclic) bond motifs is 1. The molecule has 13 heteroatoms. The molecule has 0 spiro atoms. The van der Waals surface area contributed by atoms with Crippen molar-refractivity contribution in [3.8, 4) is 12.1 Å². The van der Waals surface area contributed by atoms with Crippen LogP contribution in [0.5, 0.6) is 0 Å². The molecule has 1 unspecified atom stereocenters. The molecule has 0 saturated heterocycles. The number of carbonyl (C=O) groups is 2. The molecule has 3 heterocycles. The second kappa shape index (κ2) is 12.6. The first-order valence-corrected chi connectivity index (χ1v) is 12.2. The van der Waals surface area contributed by atoms with Gasteiger partial charge < -0.3 is 10.4 Å². The summed E-state index contributed by atoms with van der Waals surface area (Å²) in [5.74, 6) is -3.04. The lowest BCUT2D eigenvalue weighted by Crippen LogP contribution is -2.21. The fourth-order valence-corrected chi connectivity index (χ4v) is 4.07. The van der Waals surface area contributed by atoms with Crippen LogP contribution in [0.25, 0.3) is 5.70 Å². The number of benzene rings is 2. The number of carboxylic acids is 1. The van der Waals surface area contributed by atoms with Crippen LogP contribution in [0.2, 0.25) is 0 Å². The Labute approximate surface area is 237 Å². The van der Waals surface area contributed by atoms with E-state index in [-0.39, 0.29) is 18.4 Å². The standard InChI is InChI=1S/C27H19N7O.C2HF3O2/c28-11-8-25(34-17-21(16-32-34)26-23-9-12-30-24(23)10-13-31-26)19-2-1-3-20(14-19)27(35)33-22-6-4-18(15-29)5-7-22;3-2(4,5)1(6)7/h1-7,9,12-14,16-17,25H,8,10H2,(H,33,35);(H,6,7). The third kappa shape index (κ3) is 6.84. The number of carbonyl (C=O) groups excluding carboxylic acids is 1. The van der Waals surface area contributed by atoms with Crippen LogP contribution in [0.1, 0.15) is 45.9 Å². The van der Waals surface area contributed by atoms with Crippen molar-refractivity contribution in [3.63, 3.8) is 0 Å². The van der Waals surface area contributed by atoms with E-state index in [1.807, 2.05) is 24.6 Å². The number of amides is 1. The first kappa shape index (κ1) is 29.2. The molecule has 3 aromatic rings. The Balaban J connectivity index is 0.000000517. The fourth-order valence-electron chi connectivity index (χ4n) is 4.07. The molecular weight excluding hydrogens is 551 g/mol. The van der Waals surface area contributed by atoms with Crippen molar-refractivity contribution in [2.24, 2.45) is 9.98 Å². The van der Waals surface area contributed by atoms with E-state index >= 15 is 0 Å². The number of nitrogens with one attached hydrogen (secondary N) is 1. The lowest BCUT2D eigenvalue weighted by molar-refractivity contribution is -0.192. The molecule has 2 N–H and O–H groups in total. The first-order chi connectivity index (χ1) is 20.1. The van der Waals surface area contributed by atoms with Crippen molar-refractivity contribution in [3.05, 3.63) is 101 Å². The van der Waals surface area contributed by atoms with E-state index in [0.717, 1.165) is 28.1 Å². The topological polar surface area (TPSA) is 157 Å². The Bertz CT molecular complexity index is 1720. The predicted octanol–water partition coefficient (Wildman–Crippen LogP) is 5.30. The number of alkyl halides is 3. The molecule has 1 amide bonds. The molecule has 2 aliphatic rings. The molecule has 0 fully saturated rings. The van der Waals surface area contributed by atoms with Gasteiger partial charge in [0.05, 0.1) is 47.8 Å². The van der Waals surface area contributed by atoms with Gasteiger partial charge >= 0.3 is 12.1 Å². The van der Waals surface area contributed by atoms with Crippen molar-refractivity contribution < 1.29 is 27.9 Å². The summed E-state index contributed by atoms with van der Waals surface area (Å²) in [5.41, 5.74) is 5.99. The van der Waals surface area contributed by atoms with E-state index in [0.29, 0.717) is 23.2 Å². The molecule has 10 nitrogen and oxygen atoms in total. The summed E-state index contributed by atoms with van der Waals surface area (Å²) in [6.45, 7) is 0. The van der Waals surface area contributed by atoms with Crippen LogP contribution in [-0.4, -0.2) is 44.9 Å². The first-order valence-electron chi connectivity index (χ1n) is 12.2. The Kier molecular flexibility index (Phi) is 8.73. The maximum absolute atomic E-state index is 12.9. The van der Waals surface area contributed by atoms with Crippen molar-refractivity contribution >= 4 is 35.2 Å². The van der Waals surface area contributed by atoms with Crippen LogP contribution in [0.3, 0.4) is 0 Å². The van der Waals surface area contributed by atoms with Crippen molar-refractivity contribution in [2.75, 3.05) is 5.32 Å². The van der Waals surface area contributed by atoms with Gasteiger partial charge in [-0.05, 0) is 48.0 Å². The van der Waals surface area contributed by atoms with Gasteiger partial charge in [0.15, 0.2) is 0 Å². The highest BCUT2D eigenvalue weighted by Crippen LogP contribution is 2.30. The van der Waals surface area contributed by atoms with Crippen LogP contribution >= 0.6 is 0 Å².